The number of hydrogen-bond donors (Lipinski definition) is 2. The van der Waals surface area contributed by atoms with Gasteiger partial charge in [-0.25, -0.2) is 4.98 Å². The van der Waals surface area contributed by atoms with Gasteiger partial charge in [0, 0.05) is 31.8 Å². The molecule has 5 heteroatoms. The molecule has 0 radical (unpaired) electrons. The molecule has 0 atom stereocenters. The highest BCUT2D eigenvalue weighted by Gasteiger charge is 2.06. The summed E-state index contributed by atoms with van der Waals surface area (Å²) < 4.78 is 5.10. The molecule has 5 nitrogen and oxygen atoms in total. The van der Waals surface area contributed by atoms with E-state index in [0.29, 0.717) is 19.1 Å². The normalized spacial score (nSPS) is 10.6. The first-order valence-electron chi connectivity index (χ1n) is 9.30. The Labute approximate surface area is 160 Å². The molecule has 0 aliphatic heterocycles. The lowest BCUT2D eigenvalue weighted by molar-refractivity contribution is 0.210. The standard InChI is InChI=1S/C22H26N4O/c1-27-16-15-24-22-25-20(19-12-6-3-7-13-19)17-21(26-22)23-14-8-11-18-9-4-2-5-10-18/h2-7,9-10,12-13,17H,8,11,14-16H2,1H3,(H2,23,24,25,26). The predicted molar refractivity (Wildman–Crippen MR) is 111 cm³/mol. The van der Waals surface area contributed by atoms with Crippen molar-refractivity contribution in [2.24, 2.45) is 0 Å². The van der Waals surface area contributed by atoms with Gasteiger partial charge in [0.05, 0.1) is 12.3 Å². The van der Waals surface area contributed by atoms with Crippen molar-refractivity contribution in [3.63, 3.8) is 0 Å². The van der Waals surface area contributed by atoms with Crippen LogP contribution in [0.3, 0.4) is 0 Å². The molecule has 3 aromatic rings. The largest absolute Gasteiger partial charge is 0.383 e. The summed E-state index contributed by atoms with van der Waals surface area (Å²) in [7, 11) is 1.68. The van der Waals surface area contributed by atoms with Gasteiger partial charge in [-0.1, -0.05) is 60.7 Å². The first kappa shape index (κ1) is 18.9. The van der Waals surface area contributed by atoms with Crippen LogP contribution in [0, 0.1) is 0 Å². The van der Waals surface area contributed by atoms with Crippen LogP contribution >= 0.6 is 0 Å². The average Bonchev–Trinajstić information content (AvgIpc) is 2.73. The van der Waals surface area contributed by atoms with Crippen LogP contribution < -0.4 is 10.6 Å². The second-order valence-electron chi connectivity index (χ2n) is 6.26. The van der Waals surface area contributed by atoms with Gasteiger partial charge in [0.1, 0.15) is 5.82 Å². The van der Waals surface area contributed by atoms with E-state index in [2.05, 4.69) is 57.0 Å². The molecule has 27 heavy (non-hydrogen) atoms. The molecule has 0 bridgehead atoms. The second-order valence-corrected chi connectivity index (χ2v) is 6.26. The van der Waals surface area contributed by atoms with Crippen molar-refractivity contribution in [2.45, 2.75) is 12.8 Å². The van der Waals surface area contributed by atoms with Gasteiger partial charge in [-0.2, -0.15) is 4.98 Å². The van der Waals surface area contributed by atoms with Gasteiger partial charge in [0.2, 0.25) is 5.95 Å². The zero-order valence-electron chi connectivity index (χ0n) is 15.7. The molecular weight excluding hydrogens is 336 g/mol. The maximum atomic E-state index is 5.10. The summed E-state index contributed by atoms with van der Waals surface area (Å²) >= 11 is 0. The number of nitrogens with one attached hydrogen (secondary N) is 2. The molecule has 0 fully saturated rings. The summed E-state index contributed by atoms with van der Waals surface area (Å²) in [5, 5.41) is 6.66. The van der Waals surface area contributed by atoms with Crippen LogP contribution in [0.5, 0.6) is 0 Å². The number of hydrogen-bond acceptors (Lipinski definition) is 5. The average molecular weight is 362 g/mol. The van der Waals surface area contributed by atoms with E-state index in [0.717, 1.165) is 36.5 Å². The van der Waals surface area contributed by atoms with Crippen LogP contribution in [-0.2, 0) is 11.2 Å². The molecule has 1 heterocycles. The number of methoxy groups -OCH3 is 1. The Morgan fingerprint density at radius 2 is 1.59 bits per heavy atom. The number of nitrogens with zero attached hydrogens (tertiary/aromatic N) is 2. The van der Waals surface area contributed by atoms with Gasteiger partial charge < -0.3 is 15.4 Å². The summed E-state index contributed by atoms with van der Waals surface area (Å²) in [6.45, 7) is 2.14. The Balaban J connectivity index is 1.66. The first-order valence-corrected chi connectivity index (χ1v) is 9.30. The maximum absolute atomic E-state index is 5.10. The highest BCUT2D eigenvalue weighted by molar-refractivity contribution is 5.64. The Hall–Kier alpha value is -2.92. The van der Waals surface area contributed by atoms with E-state index in [1.54, 1.807) is 7.11 Å². The minimum absolute atomic E-state index is 0.610. The number of benzene rings is 2. The second kappa shape index (κ2) is 10.3. The highest BCUT2D eigenvalue weighted by Crippen LogP contribution is 2.21. The fourth-order valence-corrected chi connectivity index (χ4v) is 2.79. The summed E-state index contributed by atoms with van der Waals surface area (Å²) in [6.07, 6.45) is 2.09. The lowest BCUT2D eigenvalue weighted by atomic mass is 10.1. The van der Waals surface area contributed by atoms with E-state index < -0.39 is 0 Å². The molecule has 3 rings (SSSR count). The van der Waals surface area contributed by atoms with E-state index in [9.17, 15) is 0 Å². The van der Waals surface area contributed by atoms with Crippen LogP contribution in [-0.4, -0.2) is 36.8 Å². The van der Waals surface area contributed by atoms with E-state index in [1.165, 1.54) is 5.56 Å². The zero-order chi connectivity index (χ0) is 18.7. The molecule has 0 aliphatic rings. The van der Waals surface area contributed by atoms with Gasteiger partial charge >= 0.3 is 0 Å². The predicted octanol–water partition coefficient (Wildman–Crippen LogP) is 4.25. The van der Waals surface area contributed by atoms with Gasteiger partial charge in [-0.15, -0.1) is 0 Å². The van der Waals surface area contributed by atoms with Crippen LogP contribution in [0.4, 0.5) is 11.8 Å². The monoisotopic (exact) mass is 362 g/mol. The summed E-state index contributed by atoms with van der Waals surface area (Å²) in [5.41, 5.74) is 3.33. The van der Waals surface area contributed by atoms with Gasteiger partial charge in [0.25, 0.3) is 0 Å². The van der Waals surface area contributed by atoms with Gasteiger partial charge in [-0.05, 0) is 18.4 Å². The number of aromatic nitrogens is 2. The Bertz CT molecular complexity index is 809. The van der Waals surface area contributed by atoms with Crippen molar-refractivity contribution in [3.8, 4) is 11.3 Å². The number of anilines is 2. The minimum atomic E-state index is 0.610. The molecule has 1 aromatic heterocycles. The van der Waals surface area contributed by atoms with Gasteiger partial charge in [-0.3, -0.25) is 0 Å². The van der Waals surface area contributed by atoms with Crippen molar-refractivity contribution in [1.82, 2.24) is 9.97 Å². The van der Waals surface area contributed by atoms with E-state index in [4.69, 9.17) is 4.74 Å². The third-order valence-corrected chi connectivity index (χ3v) is 4.18. The molecule has 2 N–H and O–H groups in total. The van der Waals surface area contributed by atoms with E-state index >= 15 is 0 Å². The van der Waals surface area contributed by atoms with Crippen LogP contribution in [0.2, 0.25) is 0 Å². The third kappa shape index (κ3) is 6.08. The summed E-state index contributed by atoms with van der Waals surface area (Å²) in [5.74, 6) is 1.44. The molecule has 0 saturated carbocycles. The SMILES string of the molecule is COCCNc1nc(NCCCc2ccccc2)cc(-c2ccccc2)n1. The molecule has 0 aliphatic carbocycles. The third-order valence-electron chi connectivity index (χ3n) is 4.18. The quantitative estimate of drug-likeness (QED) is 0.528. The number of rotatable bonds is 10. The van der Waals surface area contributed by atoms with Crippen molar-refractivity contribution in [2.75, 3.05) is 37.4 Å². The van der Waals surface area contributed by atoms with Crippen molar-refractivity contribution >= 4 is 11.8 Å². The van der Waals surface area contributed by atoms with Crippen molar-refractivity contribution in [1.29, 1.82) is 0 Å². The van der Waals surface area contributed by atoms with Crippen molar-refractivity contribution < 1.29 is 4.74 Å². The minimum Gasteiger partial charge on any atom is -0.383 e. The van der Waals surface area contributed by atoms with Crippen molar-refractivity contribution in [3.05, 3.63) is 72.3 Å². The lowest BCUT2D eigenvalue weighted by Gasteiger charge is -2.11. The Kier molecular flexibility index (Phi) is 7.18. The molecule has 0 unspecified atom stereocenters. The van der Waals surface area contributed by atoms with Crippen LogP contribution in [0.1, 0.15) is 12.0 Å². The maximum Gasteiger partial charge on any atom is 0.225 e. The summed E-state index contributed by atoms with van der Waals surface area (Å²) in [6, 6.07) is 22.7. The van der Waals surface area contributed by atoms with Crippen LogP contribution in [0.15, 0.2) is 66.7 Å². The van der Waals surface area contributed by atoms with E-state index in [1.807, 2.05) is 30.3 Å². The molecule has 0 amide bonds. The first-order chi connectivity index (χ1) is 13.3. The Morgan fingerprint density at radius 1 is 0.852 bits per heavy atom. The number of aryl methyl sites for hydroxylation is 1. The summed E-state index contributed by atoms with van der Waals surface area (Å²) in [4.78, 5) is 9.22. The smallest absolute Gasteiger partial charge is 0.225 e. The lowest BCUT2D eigenvalue weighted by Crippen LogP contribution is -2.12. The molecule has 140 valence electrons. The zero-order valence-corrected chi connectivity index (χ0v) is 15.7. The van der Waals surface area contributed by atoms with Gasteiger partial charge in [0.15, 0.2) is 0 Å². The molecule has 0 saturated heterocycles. The molecule has 2 aromatic carbocycles. The molecule has 0 spiro atoms. The topological polar surface area (TPSA) is 59.1 Å². The fourth-order valence-electron chi connectivity index (χ4n) is 2.79. The fraction of sp³-hybridized carbons (Fsp3) is 0.273. The van der Waals surface area contributed by atoms with E-state index in [-0.39, 0.29) is 0 Å². The Morgan fingerprint density at radius 3 is 2.33 bits per heavy atom. The van der Waals surface area contributed by atoms with Crippen LogP contribution in [0.25, 0.3) is 11.3 Å². The number of ether oxygens (including phenoxy) is 1. The molecular formula is C22H26N4O. The highest BCUT2D eigenvalue weighted by atomic mass is 16.5.